The lowest BCUT2D eigenvalue weighted by Gasteiger charge is -2.39. The number of nitrogens with zero attached hydrogens (tertiary/aromatic N) is 3. The number of halogens is 2. The second-order valence-corrected chi connectivity index (χ2v) is 9.34. The van der Waals surface area contributed by atoms with E-state index in [0.29, 0.717) is 42.1 Å². The van der Waals surface area contributed by atoms with Crippen LogP contribution in [0.25, 0.3) is 6.08 Å². The number of carbonyl (C=O) groups is 2. The third-order valence-electron chi connectivity index (χ3n) is 6.30. The molecule has 0 radical (unpaired) electrons. The molecule has 3 atom stereocenters. The topological polar surface area (TPSA) is 64.1 Å². The molecule has 31 heavy (non-hydrogen) atoms. The van der Waals surface area contributed by atoms with Crippen LogP contribution in [0.4, 0.5) is 0 Å². The standard InChI is InChI=1S/C23H31Cl2N3O3/c1-16-8-11-26(15-21(16)29)9-3-10-27-12-13-28(17(2)23(27)31)22(30)7-5-18-4-6-19(24)20(25)14-18/h4-7,14,16-17,21,29H,3,8-13,15H2,1-2H3/t16-,17?,21+/m0/s1. The van der Waals surface area contributed by atoms with E-state index < -0.39 is 6.04 Å². The van der Waals surface area contributed by atoms with Gasteiger partial charge in [0, 0.05) is 32.3 Å². The molecular formula is C23H31Cl2N3O3. The van der Waals surface area contributed by atoms with Crippen LogP contribution in [0.1, 0.15) is 32.3 Å². The average molecular weight is 468 g/mol. The summed E-state index contributed by atoms with van der Waals surface area (Å²) in [4.78, 5) is 31.2. The molecule has 2 fully saturated rings. The van der Waals surface area contributed by atoms with Crippen molar-refractivity contribution in [3.8, 4) is 0 Å². The molecule has 2 amide bonds. The zero-order valence-corrected chi connectivity index (χ0v) is 19.6. The van der Waals surface area contributed by atoms with Crippen molar-refractivity contribution in [2.75, 3.05) is 39.3 Å². The molecule has 2 saturated heterocycles. The molecular weight excluding hydrogens is 437 g/mol. The maximum absolute atomic E-state index is 12.8. The molecule has 0 aromatic heterocycles. The highest BCUT2D eigenvalue weighted by Gasteiger charge is 2.33. The van der Waals surface area contributed by atoms with Gasteiger partial charge in [-0.05, 0) is 62.5 Å². The van der Waals surface area contributed by atoms with E-state index in [4.69, 9.17) is 23.2 Å². The van der Waals surface area contributed by atoms with Gasteiger partial charge in [-0.1, -0.05) is 36.2 Å². The number of aliphatic hydroxyl groups is 1. The van der Waals surface area contributed by atoms with Crippen molar-refractivity contribution < 1.29 is 14.7 Å². The predicted molar refractivity (Wildman–Crippen MR) is 124 cm³/mol. The second kappa shape index (κ2) is 10.8. The number of benzene rings is 1. The Labute approximate surface area is 194 Å². The van der Waals surface area contributed by atoms with E-state index in [1.54, 1.807) is 36.1 Å². The summed E-state index contributed by atoms with van der Waals surface area (Å²) < 4.78 is 0. The highest BCUT2D eigenvalue weighted by molar-refractivity contribution is 6.42. The summed E-state index contributed by atoms with van der Waals surface area (Å²) in [7, 11) is 0. The Balaban J connectivity index is 1.47. The number of piperidine rings is 1. The lowest BCUT2D eigenvalue weighted by atomic mass is 9.96. The van der Waals surface area contributed by atoms with Crippen LogP contribution in [0.5, 0.6) is 0 Å². The summed E-state index contributed by atoms with van der Waals surface area (Å²) in [5, 5.41) is 10.9. The van der Waals surface area contributed by atoms with Gasteiger partial charge >= 0.3 is 0 Å². The van der Waals surface area contributed by atoms with Crippen LogP contribution >= 0.6 is 23.2 Å². The van der Waals surface area contributed by atoms with Gasteiger partial charge in [0.2, 0.25) is 11.8 Å². The lowest BCUT2D eigenvalue weighted by molar-refractivity contribution is -0.148. The molecule has 1 aromatic carbocycles. The number of amides is 2. The first-order valence-corrected chi connectivity index (χ1v) is 11.6. The maximum Gasteiger partial charge on any atom is 0.247 e. The van der Waals surface area contributed by atoms with Gasteiger partial charge in [-0.3, -0.25) is 9.59 Å². The molecule has 0 aliphatic carbocycles. The van der Waals surface area contributed by atoms with Crippen molar-refractivity contribution in [2.45, 2.75) is 38.8 Å². The number of rotatable bonds is 6. The quantitative estimate of drug-likeness (QED) is 0.652. The fourth-order valence-corrected chi connectivity index (χ4v) is 4.44. The number of hydrogen-bond donors (Lipinski definition) is 1. The van der Waals surface area contributed by atoms with E-state index >= 15 is 0 Å². The molecule has 2 heterocycles. The Kier molecular flexibility index (Phi) is 8.39. The number of hydrogen-bond acceptors (Lipinski definition) is 4. The normalized spacial score (nSPS) is 25.5. The number of carbonyl (C=O) groups excluding carboxylic acids is 2. The first-order valence-electron chi connectivity index (χ1n) is 10.9. The minimum Gasteiger partial charge on any atom is -0.392 e. The summed E-state index contributed by atoms with van der Waals surface area (Å²) in [6.45, 7) is 8.16. The largest absolute Gasteiger partial charge is 0.392 e. The minimum absolute atomic E-state index is 0.0187. The minimum atomic E-state index is -0.489. The molecule has 2 aliphatic rings. The maximum atomic E-state index is 12.8. The average Bonchev–Trinajstić information content (AvgIpc) is 2.74. The SMILES string of the molecule is CC1C(=O)N(CCCN2CC[C@H](C)[C@H](O)C2)CCN1C(=O)C=Cc1ccc(Cl)c(Cl)c1. The zero-order valence-electron chi connectivity index (χ0n) is 18.1. The smallest absolute Gasteiger partial charge is 0.247 e. The molecule has 8 heteroatoms. The van der Waals surface area contributed by atoms with Crippen molar-refractivity contribution >= 4 is 41.1 Å². The van der Waals surface area contributed by atoms with E-state index in [1.165, 1.54) is 6.08 Å². The first-order chi connectivity index (χ1) is 14.8. The lowest BCUT2D eigenvalue weighted by Crippen LogP contribution is -2.57. The summed E-state index contributed by atoms with van der Waals surface area (Å²) in [6, 6.07) is 4.68. The van der Waals surface area contributed by atoms with Crippen LogP contribution in [0.3, 0.4) is 0 Å². The highest BCUT2D eigenvalue weighted by Crippen LogP contribution is 2.23. The predicted octanol–water partition coefficient (Wildman–Crippen LogP) is 3.16. The van der Waals surface area contributed by atoms with Crippen LogP contribution in [0, 0.1) is 5.92 Å². The third kappa shape index (κ3) is 6.22. The van der Waals surface area contributed by atoms with Crippen molar-refractivity contribution in [2.24, 2.45) is 5.92 Å². The Bertz CT molecular complexity index is 832. The van der Waals surface area contributed by atoms with Gasteiger partial charge in [0.05, 0.1) is 16.1 Å². The summed E-state index contributed by atoms with van der Waals surface area (Å²) in [5.74, 6) is 0.146. The van der Waals surface area contributed by atoms with Crippen molar-refractivity contribution in [1.29, 1.82) is 0 Å². The van der Waals surface area contributed by atoms with Gasteiger partial charge in [-0.25, -0.2) is 0 Å². The van der Waals surface area contributed by atoms with Crippen molar-refractivity contribution in [3.05, 3.63) is 39.9 Å². The summed E-state index contributed by atoms with van der Waals surface area (Å²) in [6.07, 6.45) is 4.77. The molecule has 170 valence electrons. The number of likely N-dealkylation sites (tertiary alicyclic amines) is 1. The van der Waals surface area contributed by atoms with Crippen LogP contribution in [-0.4, -0.2) is 83.0 Å². The monoisotopic (exact) mass is 467 g/mol. The van der Waals surface area contributed by atoms with E-state index in [2.05, 4.69) is 11.8 Å². The second-order valence-electron chi connectivity index (χ2n) is 8.53. The van der Waals surface area contributed by atoms with E-state index in [-0.39, 0.29) is 17.9 Å². The Morgan fingerprint density at radius 2 is 1.94 bits per heavy atom. The molecule has 0 bridgehead atoms. The van der Waals surface area contributed by atoms with Crippen LogP contribution in [0.2, 0.25) is 10.0 Å². The molecule has 1 N–H and O–H groups in total. The third-order valence-corrected chi connectivity index (χ3v) is 7.04. The van der Waals surface area contributed by atoms with Gasteiger partial charge in [-0.15, -0.1) is 0 Å². The van der Waals surface area contributed by atoms with Crippen LogP contribution in [-0.2, 0) is 9.59 Å². The summed E-state index contributed by atoms with van der Waals surface area (Å²) >= 11 is 11.9. The van der Waals surface area contributed by atoms with Gasteiger partial charge in [0.15, 0.2) is 0 Å². The van der Waals surface area contributed by atoms with Crippen LogP contribution in [0.15, 0.2) is 24.3 Å². The van der Waals surface area contributed by atoms with E-state index in [9.17, 15) is 14.7 Å². The fourth-order valence-electron chi connectivity index (χ4n) is 4.13. The molecule has 0 saturated carbocycles. The number of β-amino-alcohol motifs (C(OH)–C–C–N with tert-alkyl or cyclic N) is 1. The van der Waals surface area contributed by atoms with Gasteiger partial charge in [0.25, 0.3) is 0 Å². The summed E-state index contributed by atoms with van der Waals surface area (Å²) in [5.41, 5.74) is 0.776. The Morgan fingerprint density at radius 1 is 1.16 bits per heavy atom. The molecule has 2 aliphatic heterocycles. The highest BCUT2D eigenvalue weighted by atomic mass is 35.5. The number of aliphatic hydroxyl groups excluding tert-OH is 1. The fraction of sp³-hybridized carbons (Fsp3) is 0.565. The first kappa shape index (κ1) is 24.1. The number of piperazine rings is 1. The molecule has 1 aromatic rings. The molecule has 1 unspecified atom stereocenters. The van der Waals surface area contributed by atoms with E-state index in [0.717, 1.165) is 31.5 Å². The van der Waals surface area contributed by atoms with Crippen LogP contribution < -0.4 is 0 Å². The van der Waals surface area contributed by atoms with E-state index in [1.807, 2.05) is 4.90 Å². The molecule has 6 nitrogen and oxygen atoms in total. The van der Waals surface area contributed by atoms with Crippen molar-refractivity contribution in [3.63, 3.8) is 0 Å². The Morgan fingerprint density at radius 3 is 2.65 bits per heavy atom. The van der Waals surface area contributed by atoms with Gasteiger partial charge in [0.1, 0.15) is 6.04 Å². The van der Waals surface area contributed by atoms with Gasteiger partial charge < -0.3 is 19.8 Å². The Hall–Kier alpha value is -1.60. The molecule has 3 rings (SSSR count). The molecule has 0 spiro atoms. The van der Waals surface area contributed by atoms with Gasteiger partial charge in [-0.2, -0.15) is 0 Å². The zero-order chi connectivity index (χ0) is 22.5. The van der Waals surface area contributed by atoms with Crippen molar-refractivity contribution in [1.82, 2.24) is 14.7 Å².